The first-order valence-electron chi connectivity index (χ1n) is 8.82. The van der Waals surface area contributed by atoms with E-state index in [-0.39, 0.29) is 35.9 Å². The standard InChI is InChI=1S/C17H27N3O4/c1-5-17(6-2)14(22)20(15(23)19-17)9-11(21)18-12-10-7-8-24-13(10)16(12,3)4/h10,12-13H,5-9H2,1-4H3,(H,18,21)(H,19,23)/t10-,12-,13+/m1/s1. The van der Waals surface area contributed by atoms with Gasteiger partial charge in [-0.25, -0.2) is 4.79 Å². The van der Waals surface area contributed by atoms with Crippen LogP contribution in [0.3, 0.4) is 0 Å². The molecule has 3 atom stereocenters. The summed E-state index contributed by atoms with van der Waals surface area (Å²) in [5.74, 6) is -0.259. The second-order valence-electron chi connectivity index (χ2n) is 7.72. The minimum absolute atomic E-state index is 0.0281. The molecule has 2 saturated heterocycles. The number of hydrogen-bond donors (Lipinski definition) is 2. The topological polar surface area (TPSA) is 87.7 Å². The van der Waals surface area contributed by atoms with Crippen LogP contribution in [0.2, 0.25) is 0 Å². The molecule has 7 nitrogen and oxygen atoms in total. The SMILES string of the molecule is CCC1(CC)NC(=O)N(CC(=O)N[C@@H]2[C@H]3CCO[C@@H]3C2(C)C)C1=O. The molecule has 1 aliphatic carbocycles. The van der Waals surface area contributed by atoms with E-state index in [1.807, 2.05) is 13.8 Å². The molecule has 1 saturated carbocycles. The maximum absolute atomic E-state index is 12.6. The molecule has 4 amide bonds. The van der Waals surface area contributed by atoms with Crippen LogP contribution in [0, 0.1) is 11.3 Å². The van der Waals surface area contributed by atoms with Gasteiger partial charge in [-0.15, -0.1) is 0 Å². The first-order valence-corrected chi connectivity index (χ1v) is 8.82. The quantitative estimate of drug-likeness (QED) is 0.734. The average molecular weight is 337 g/mol. The van der Waals surface area contributed by atoms with Crippen molar-refractivity contribution >= 4 is 17.8 Å². The third-order valence-electron chi connectivity index (χ3n) is 6.17. The third-order valence-corrected chi connectivity index (χ3v) is 6.17. The van der Waals surface area contributed by atoms with E-state index < -0.39 is 11.6 Å². The summed E-state index contributed by atoms with van der Waals surface area (Å²) in [5.41, 5.74) is -0.984. The van der Waals surface area contributed by atoms with Gasteiger partial charge in [0.25, 0.3) is 5.91 Å². The van der Waals surface area contributed by atoms with E-state index in [4.69, 9.17) is 4.74 Å². The van der Waals surface area contributed by atoms with Crippen LogP contribution in [0.1, 0.15) is 47.0 Å². The number of hydrogen-bond acceptors (Lipinski definition) is 4. The lowest BCUT2D eigenvalue weighted by Gasteiger charge is -2.54. The van der Waals surface area contributed by atoms with Crippen molar-refractivity contribution in [1.29, 1.82) is 0 Å². The molecule has 0 aromatic rings. The van der Waals surface area contributed by atoms with E-state index in [2.05, 4.69) is 24.5 Å². The van der Waals surface area contributed by atoms with Gasteiger partial charge in [-0.05, 0) is 19.3 Å². The molecule has 0 spiro atoms. The van der Waals surface area contributed by atoms with E-state index in [9.17, 15) is 14.4 Å². The van der Waals surface area contributed by atoms with Crippen molar-refractivity contribution in [3.63, 3.8) is 0 Å². The van der Waals surface area contributed by atoms with Crippen LogP contribution in [0.4, 0.5) is 4.79 Å². The van der Waals surface area contributed by atoms with Crippen molar-refractivity contribution in [2.75, 3.05) is 13.2 Å². The molecule has 134 valence electrons. The number of nitrogens with zero attached hydrogens (tertiary/aromatic N) is 1. The first-order chi connectivity index (χ1) is 11.3. The molecular formula is C17H27N3O4. The van der Waals surface area contributed by atoms with Crippen molar-refractivity contribution in [3.05, 3.63) is 0 Å². The summed E-state index contributed by atoms with van der Waals surface area (Å²) in [5, 5.41) is 5.76. The van der Waals surface area contributed by atoms with E-state index in [1.54, 1.807) is 0 Å². The van der Waals surface area contributed by atoms with Gasteiger partial charge in [0.2, 0.25) is 5.91 Å². The van der Waals surface area contributed by atoms with E-state index in [0.29, 0.717) is 18.8 Å². The van der Waals surface area contributed by atoms with Gasteiger partial charge in [-0.2, -0.15) is 0 Å². The van der Waals surface area contributed by atoms with Crippen molar-refractivity contribution in [3.8, 4) is 0 Å². The Kier molecular flexibility index (Phi) is 4.10. The molecule has 0 unspecified atom stereocenters. The van der Waals surface area contributed by atoms with Gasteiger partial charge in [-0.3, -0.25) is 14.5 Å². The molecule has 7 heteroatoms. The summed E-state index contributed by atoms with van der Waals surface area (Å²) in [6, 6.07) is -0.450. The molecule has 0 radical (unpaired) electrons. The summed E-state index contributed by atoms with van der Waals surface area (Å²) in [4.78, 5) is 38.2. The number of carbonyl (C=O) groups is 3. The Labute approximate surface area is 142 Å². The summed E-state index contributed by atoms with van der Waals surface area (Å²) in [6.45, 7) is 8.39. The highest BCUT2D eigenvalue weighted by molar-refractivity contribution is 6.09. The number of carbonyl (C=O) groups excluding carboxylic acids is 3. The second kappa shape index (κ2) is 5.72. The van der Waals surface area contributed by atoms with Crippen LogP contribution in [0.15, 0.2) is 0 Å². The predicted molar refractivity (Wildman–Crippen MR) is 87.1 cm³/mol. The summed E-state index contributed by atoms with van der Waals surface area (Å²) >= 11 is 0. The van der Waals surface area contributed by atoms with E-state index in [0.717, 1.165) is 17.9 Å². The van der Waals surface area contributed by atoms with Gasteiger partial charge >= 0.3 is 6.03 Å². The lowest BCUT2D eigenvalue weighted by molar-refractivity contribution is -0.142. The second-order valence-corrected chi connectivity index (χ2v) is 7.72. The fourth-order valence-electron chi connectivity index (χ4n) is 4.53. The molecular weight excluding hydrogens is 310 g/mol. The normalized spacial score (nSPS) is 33.0. The first kappa shape index (κ1) is 17.2. The van der Waals surface area contributed by atoms with Crippen LogP contribution >= 0.6 is 0 Å². The summed E-state index contributed by atoms with van der Waals surface area (Å²) in [7, 11) is 0. The number of rotatable bonds is 5. The number of imide groups is 1. The minimum Gasteiger partial charge on any atom is -0.377 e. The number of urea groups is 1. The highest BCUT2D eigenvalue weighted by Crippen LogP contribution is 2.52. The van der Waals surface area contributed by atoms with Crippen molar-refractivity contribution < 1.29 is 19.1 Å². The van der Waals surface area contributed by atoms with Crippen LogP contribution in [-0.4, -0.2) is 53.6 Å². The molecule has 0 bridgehead atoms. The minimum atomic E-state index is -0.864. The maximum atomic E-state index is 12.6. The molecule has 2 aliphatic heterocycles. The molecule has 2 N–H and O–H groups in total. The number of ether oxygens (including phenoxy) is 1. The van der Waals surface area contributed by atoms with Gasteiger partial charge < -0.3 is 15.4 Å². The molecule has 3 fully saturated rings. The maximum Gasteiger partial charge on any atom is 0.325 e. The number of nitrogens with one attached hydrogen (secondary N) is 2. The third kappa shape index (κ3) is 2.32. The highest BCUT2D eigenvalue weighted by Gasteiger charge is 2.60. The van der Waals surface area contributed by atoms with E-state index >= 15 is 0 Å². The Morgan fingerprint density at radius 1 is 1.33 bits per heavy atom. The fourth-order valence-corrected chi connectivity index (χ4v) is 4.53. The Hall–Kier alpha value is -1.63. The summed E-state index contributed by atoms with van der Waals surface area (Å²) < 4.78 is 5.72. The Balaban J connectivity index is 1.63. The smallest absolute Gasteiger partial charge is 0.325 e. The highest BCUT2D eigenvalue weighted by atomic mass is 16.5. The average Bonchev–Trinajstić information content (AvgIpc) is 3.10. The van der Waals surface area contributed by atoms with Crippen molar-refractivity contribution in [2.24, 2.45) is 11.3 Å². The molecule has 3 rings (SSSR count). The monoisotopic (exact) mass is 337 g/mol. The molecule has 3 aliphatic rings. The van der Waals surface area contributed by atoms with Crippen LogP contribution < -0.4 is 10.6 Å². The zero-order chi connectivity index (χ0) is 17.7. The lowest BCUT2D eigenvalue weighted by atomic mass is 9.57. The van der Waals surface area contributed by atoms with Gasteiger partial charge in [-0.1, -0.05) is 27.7 Å². The predicted octanol–water partition coefficient (Wildman–Crippen LogP) is 1.03. The van der Waals surface area contributed by atoms with Gasteiger partial charge in [0.1, 0.15) is 12.1 Å². The van der Waals surface area contributed by atoms with Crippen molar-refractivity contribution in [1.82, 2.24) is 15.5 Å². The van der Waals surface area contributed by atoms with E-state index in [1.165, 1.54) is 0 Å². The fraction of sp³-hybridized carbons (Fsp3) is 0.824. The number of amides is 4. The zero-order valence-electron chi connectivity index (χ0n) is 14.8. The van der Waals surface area contributed by atoms with Gasteiger partial charge in [0, 0.05) is 24.0 Å². The zero-order valence-corrected chi connectivity index (χ0v) is 14.8. The Morgan fingerprint density at radius 2 is 2.00 bits per heavy atom. The van der Waals surface area contributed by atoms with Crippen molar-refractivity contribution in [2.45, 2.75) is 64.6 Å². The molecule has 2 heterocycles. The lowest BCUT2D eigenvalue weighted by Crippen LogP contribution is -2.67. The van der Waals surface area contributed by atoms with Gasteiger partial charge in [0.05, 0.1) is 6.10 Å². The largest absolute Gasteiger partial charge is 0.377 e. The summed E-state index contributed by atoms with van der Waals surface area (Å²) in [6.07, 6.45) is 2.16. The van der Waals surface area contributed by atoms with Crippen LogP contribution in [0.5, 0.6) is 0 Å². The van der Waals surface area contributed by atoms with Crippen LogP contribution in [-0.2, 0) is 14.3 Å². The molecule has 0 aromatic heterocycles. The Bertz CT molecular complexity index is 570. The number of fused-ring (bicyclic) bond motifs is 1. The van der Waals surface area contributed by atoms with Gasteiger partial charge in [0.15, 0.2) is 0 Å². The molecule has 0 aromatic carbocycles. The Morgan fingerprint density at radius 3 is 2.58 bits per heavy atom. The molecule has 24 heavy (non-hydrogen) atoms. The van der Waals surface area contributed by atoms with Crippen LogP contribution in [0.25, 0.3) is 0 Å².